The first kappa shape index (κ1) is 22.6. The van der Waals surface area contributed by atoms with E-state index in [1.54, 1.807) is 45.2 Å². The lowest BCUT2D eigenvalue weighted by molar-refractivity contribution is 0.0506. The van der Waals surface area contributed by atoms with Crippen molar-refractivity contribution in [2.45, 2.75) is 32.8 Å². The summed E-state index contributed by atoms with van der Waals surface area (Å²) in [5, 5.41) is 0. The van der Waals surface area contributed by atoms with Crippen molar-refractivity contribution in [1.82, 2.24) is 9.88 Å². The molecule has 8 nitrogen and oxygen atoms in total. The van der Waals surface area contributed by atoms with Crippen LogP contribution in [0.5, 0.6) is 5.75 Å². The molecule has 1 atom stereocenters. The number of methoxy groups -OCH3 is 2. The number of amides is 1. The van der Waals surface area contributed by atoms with Gasteiger partial charge in [0.2, 0.25) is 0 Å². The predicted octanol–water partition coefficient (Wildman–Crippen LogP) is 2.93. The first-order chi connectivity index (χ1) is 14.8. The Hall–Kier alpha value is -3.13. The number of esters is 1. The van der Waals surface area contributed by atoms with Crippen LogP contribution in [0.3, 0.4) is 0 Å². The molecule has 2 aromatic rings. The van der Waals surface area contributed by atoms with E-state index in [1.807, 2.05) is 0 Å². The van der Waals surface area contributed by atoms with Gasteiger partial charge in [0.1, 0.15) is 11.4 Å². The fourth-order valence-corrected chi connectivity index (χ4v) is 3.90. The number of aromatic amines is 1. The van der Waals surface area contributed by atoms with E-state index >= 15 is 0 Å². The van der Waals surface area contributed by atoms with Gasteiger partial charge in [-0.25, -0.2) is 4.79 Å². The summed E-state index contributed by atoms with van der Waals surface area (Å²) < 4.78 is 15.6. The van der Waals surface area contributed by atoms with Crippen molar-refractivity contribution in [2.75, 3.05) is 33.9 Å². The lowest BCUT2D eigenvalue weighted by Crippen LogP contribution is -2.41. The van der Waals surface area contributed by atoms with Crippen molar-refractivity contribution in [3.8, 4) is 5.75 Å². The molecule has 0 saturated carbocycles. The molecule has 2 heterocycles. The van der Waals surface area contributed by atoms with E-state index in [-0.39, 0.29) is 30.0 Å². The molecule has 0 aliphatic carbocycles. The number of nitrogens with one attached hydrogen (secondary N) is 1. The van der Waals surface area contributed by atoms with Crippen LogP contribution in [0.15, 0.2) is 24.3 Å². The third-order valence-corrected chi connectivity index (χ3v) is 5.51. The van der Waals surface area contributed by atoms with Crippen LogP contribution in [0.25, 0.3) is 0 Å². The average Bonchev–Trinajstić information content (AvgIpc) is 3.39. The summed E-state index contributed by atoms with van der Waals surface area (Å²) >= 11 is 0. The Balaban J connectivity index is 1.85. The number of benzene rings is 1. The number of ketones is 1. The molecule has 1 aliphatic heterocycles. The zero-order valence-electron chi connectivity index (χ0n) is 18.3. The van der Waals surface area contributed by atoms with Gasteiger partial charge in [-0.15, -0.1) is 0 Å². The maximum atomic E-state index is 13.2. The van der Waals surface area contributed by atoms with Crippen molar-refractivity contribution in [1.29, 1.82) is 0 Å². The normalized spacial score (nSPS) is 15.5. The number of aryl methyl sites for hydroxylation is 1. The van der Waals surface area contributed by atoms with Crippen LogP contribution in [-0.2, 0) is 9.47 Å². The SMILES string of the molecule is COC(=O)c1[nH]c(C)c(C(=O)CN(C[C@H]2CCCO2)C(=O)c2ccc(OC)cc2)c1C. The largest absolute Gasteiger partial charge is 0.497 e. The highest BCUT2D eigenvalue weighted by Gasteiger charge is 2.28. The van der Waals surface area contributed by atoms with E-state index in [0.29, 0.717) is 41.3 Å². The van der Waals surface area contributed by atoms with Gasteiger partial charge in [-0.2, -0.15) is 0 Å². The molecule has 1 N–H and O–H groups in total. The summed E-state index contributed by atoms with van der Waals surface area (Å²) in [6.45, 7) is 4.27. The Bertz CT molecular complexity index is 957. The van der Waals surface area contributed by atoms with Crippen LogP contribution < -0.4 is 4.74 Å². The van der Waals surface area contributed by atoms with Gasteiger partial charge in [0, 0.05) is 30.0 Å². The average molecular weight is 428 g/mol. The third-order valence-electron chi connectivity index (χ3n) is 5.51. The molecule has 0 spiro atoms. The lowest BCUT2D eigenvalue weighted by atomic mass is 10.0. The lowest BCUT2D eigenvalue weighted by Gasteiger charge is -2.25. The molecular formula is C23H28N2O6. The number of rotatable bonds is 8. The van der Waals surface area contributed by atoms with Gasteiger partial charge in [-0.05, 0) is 56.5 Å². The van der Waals surface area contributed by atoms with Gasteiger partial charge in [-0.1, -0.05) is 0 Å². The Morgan fingerprint density at radius 3 is 2.45 bits per heavy atom. The van der Waals surface area contributed by atoms with Crippen LogP contribution in [0.2, 0.25) is 0 Å². The molecule has 0 bridgehead atoms. The molecule has 1 fully saturated rings. The number of hydrogen-bond acceptors (Lipinski definition) is 6. The van der Waals surface area contributed by atoms with Gasteiger partial charge < -0.3 is 24.1 Å². The van der Waals surface area contributed by atoms with Gasteiger partial charge in [0.05, 0.1) is 26.9 Å². The van der Waals surface area contributed by atoms with Gasteiger partial charge in [-0.3, -0.25) is 9.59 Å². The maximum absolute atomic E-state index is 13.2. The predicted molar refractivity (Wildman–Crippen MR) is 114 cm³/mol. The minimum Gasteiger partial charge on any atom is -0.497 e. The minimum atomic E-state index is -0.537. The summed E-state index contributed by atoms with van der Waals surface area (Å²) in [6.07, 6.45) is 1.67. The van der Waals surface area contributed by atoms with E-state index in [2.05, 4.69) is 4.98 Å². The van der Waals surface area contributed by atoms with Gasteiger partial charge >= 0.3 is 5.97 Å². The van der Waals surface area contributed by atoms with Crippen molar-refractivity contribution >= 4 is 17.7 Å². The van der Waals surface area contributed by atoms with E-state index in [0.717, 1.165) is 12.8 Å². The van der Waals surface area contributed by atoms with Crippen LogP contribution in [0, 0.1) is 13.8 Å². The van der Waals surface area contributed by atoms with E-state index in [4.69, 9.17) is 14.2 Å². The first-order valence-corrected chi connectivity index (χ1v) is 10.2. The number of ether oxygens (including phenoxy) is 3. The quantitative estimate of drug-likeness (QED) is 0.513. The van der Waals surface area contributed by atoms with Crippen LogP contribution in [0.4, 0.5) is 0 Å². The van der Waals surface area contributed by atoms with Gasteiger partial charge in [0.25, 0.3) is 5.91 Å². The van der Waals surface area contributed by atoms with Gasteiger partial charge in [0.15, 0.2) is 5.78 Å². The van der Waals surface area contributed by atoms with Crippen LogP contribution in [-0.4, -0.2) is 67.6 Å². The Labute approximate surface area is 181 Å². The highest BCUT2D eigenvalue weighted by molar-refractivity contribution is 6.05. The molecule has 8 heteroatoms. The molecule has 166 valence electrons. The number of Topliss-reactive ketones (excluding diaryl/α,β-unsaturated/α-hetero) is 1. The third kappa shape index (κ3) is 4.96. The molecule has 0 radical (unpaired) electrons. The van der Waals surface area contributed by atoms with Crippen molar-refractivity contribution in [2.24, 2.45) is 0 Å². The molecule has 3 rings (SSSR count). The molecule has 1 aliphatic rings. The molecule has 1 aromatic carbocycles. The summed E-state index contributed by atoms with van der Waals surface area (Å²) in [5.41, 5.74) is 2.19. The number of aromatic nitrogens is 1. The zero-order valence-corrected chi connectivity index (χ0v) is 18.3. The number of carbonyl (C=O) groups excluding carboxylic acids is 3. The second-order valence-corrected chi connectivity index (χ2v) is 7.59. The second-order valence-electron chi connectivity index (χ2n) is 7.59. The highest BCUT2D eigenvalue weighted by atomic mass is 16.5. The zero-order chi connectivity index (χ0) is 22.5. The number of carbonyl (C=O) groups is 3. The number of nitrogens with zero attached hydrogens (tertiary/aromatic N) is 1. The second kappa shape index (κ2) is 9.78. The summed E-state index contributed by atoms with van der Waals surface area (Å²) in [6, 6.07) is 6.78. The van der Waals surface area contributed by atoms with Crippen LogP contribution >= 0.6 is 0 Å². The minimum absolute atomic E-state index is 0.103. The standard InChI is InChI=1S/C23H28N2O6/c1-14-20(15(2)24-21(14)23(28)30-4)19(26)13-25(12-18-6-5-11-31-18)22(27)16-7-9-17(29-3)10-8-16/h7-10,18,24H,5-6,11-13H2,1-4H3/t18-/m1/s1. The Morgan fingerprint density at radius 2 is 1.87 bits per heavy atom. The monoisotopic (exact) mass is 428 g/mol. The highest BCUT2D eigenvalue weighted by Crippen LogP contribution is 2.22. The smallest absolute Gasteiger partial charge is 0.354 e. The Kier molecular flexibility index (Phi) is 7.12. The first-order valence-electron chi connectivity index (χ1n) is 10.2. The van der Waals surface area contributed by atoms with Crippen molar-refractivity contribution in [3.63, 3.8) is 0 Å². The van der Waals surface area contributed by atoms with Crippen LogP contribution in [0.1, 0.15) is 55.3 Å². The van der Waals surface area contributed by atoms with E-state index in [9.17, 15) is 14.4 Å². The van der Waals surface area contributed by atoms with Crippen molar-refractivity contribution in [3.05, 3.63) is 52.3 Å². The topological polar surface area (TPSA) is 97.9 Å². The maximum Gasteiger partial charge on any atom is 0.354 e. The van der Waals surface area contributed by atoms with E-state index in [1.165, 1.54) is 12.0 Å². The summed E-state index contributed by atoms with van der Waals surface area (Å²) in [7, 11) is 2.85. The molecule has 1 saturated heterocycles. The molecule has 31 heavy (non-hydrogen) atoms. The molecule has 1 amide bonds. The summed E-state index contributed by atoms with van der Waals surface area (Å²) in [5.74, 6) is -0.399. The Morgan fingerprint density at radius 1 is 1.16 bits per heavy atom. The number of hydrogen-bond donors (Lipinski definition) is 1. The number of H-pyrrole nitrogens is 1. The summed E-state index contributed by atoms with van der Waals surface area (Å²) in [4.78, 5) is 42.8. The molecule has 0 unspecified atom stereocenters. The fraction of sp³-hybridized carbons (Fsp3) is 0.435. The molecular weight excluding hydrogens is 400 g/mol. The molecule has 1 aromatic heterocycles. The van der Waals surface area contributed by atoms with E-state index < -0.39 is 5.97 Å². The fourth-order valence-electron chi connectivity index (χ4n) is 3.90. The van der Waals surface area contributed by atoms with Crippen molar-refractivity contribution < 1.29 is 28.6 Å².